The lowest BCUT2D eigenvalue weighted by molar-refractivity contribution is -0.170. The predicted molar refractivity (Wildman–Crippen MR) is 70.7 cm³/mol. The topological polar surface area (TPSA) is 26.3 Å². The molecule has 1 aliphatic heterocycles. The van der Waals surface area contributed by atoms with Gasteiger partial charge in [0.25, 0.3) is 0 Å². The molecule has 0 amide bonds. The van der Waals surface area contributed by atoms with E-state index in [-0.39, 0.29) is 18.0 Å². The van der Waals surface area contributed by atoms with Gasteiger partial charge in [-0.3, -0.25) is 4.79 Å². The van der Waals surface area contributed by atoms with E-state index in [2.05, 4.69) is 34.6 Å². The minimum atomic E-state index is 0.0461. The standard InChI is InChI=1S/C15H28O2/c1-6-7-11(4)14-12(5)9-13(8-10(2)3)15(16)17-14/h10-14H,6-9H2,1-5H3. The fourth-order valence-corrected chi connectivity index (χ4v) is 3.08. The molecule has 0 bridgehead atoms. The van der Waals surface area contributed by atoms with Crippen LogP contribution >= 0.6 is 0 Å². The van der Waals surface area contributed by atoms with Crippen LogP contribution in [0.4, 0.5) is 0 Å². The summed E-state index contributed by atoms with van der Waals surface area (Å²) in [6.45, 7) is 11.0. The minimum Gasteiger partial charge on any atom is -0.462 e. The highest BCUT2D eigenvalue weighted by Crippen LogP contribution is 2.34. The number of hydrogen-bond acceptors (Lipinski definition) is 2. The maximum Gasteiger partial charge on any atom is 0.309 e. The van der Waals surface area contributed by atoms with Crippen LogP contribution in [0.2, 0.25) is 0 Å². The molecule has 0 saturated carbocycles. The Labute approximate surface area is 106 Å². The van der Waals surface area contributed by atoms with Crippen LogP contribution in [0.3, 0.4) is 0 Å². The summed E-state index contributed by atoms with van der Waals surface area (Å²) < 4.78 is 5.69. The van der Waals surface area contributed by atoms with Crippen molar-refractivity contribution in [2.45, 2.75) is 66.4 Å². The summed E-state index contributed by atoms with van der Waals surface area (Å²) >= 11 is 0. The van der Waals surface area contributed by atoms with Gasteiger partial charge < -0.3 is 4.74 Å². The van der Waals surface area contributed by atoms with E-state index in [4.69, 9.17) is 4.74 Å². The Morgan fingerprint density at radius 1 is 1.35 bits per heavy atom. The number of cyclic esters (lactones) is 1. The molecule has 0 aromatic carbocycles. The Hall–Kier alpha value is -0.530. The van der Waals surface area contributed by atoms with Gasteiger partial charge in [0.2, 0.25) is 0 Å². The van der Waals surface area contributed by atoms with Crippen LogP contribution < -0.4 is 0 Å². The van der Waals surface area contributed by atoms with Crippen LogP contribution in [0.25, 0.3) is 0 Å². The third-order valence-electron chi connectivity index (χ3n) is 3.86. The van der Waals surface area contributed by atoms with Gasteiger partial charge in [0.15, 0.2) is 0 Å². The highest BCUT2D eigenvalue weighted by molar-refractivity contribution is 5.73. The first-order chi connectivity index (χ1) is 7.95. The van der Waals surface area contributed by atoms with E-state index in [0.717, 1.165) is 25.7 Å². The van der Waals surface area contributed by atoms with Crippen molar-refractivity contribution >= 4 is 5.97 Å². The summed E-state index contributed by atoms with van der Waals surface area (Å²) in [6.07, 6.45) is 4.44. The SMILES string of the molecule is CCCC(C)C1OC(=O)C(CC(C)C)CC1C. The molecule has 2 nitrogen and oxygen atoms in total. The third-order valence-corrected chi connectivity index (χ3v) is 3.86. The van der Waals surface area contributed by atoms with Gasteiger partial charge in [-0.25, -0.2) is 0 Å². The van der Waals surface area contributed by atoms with Crippen molar-refractivity contribution in [3.63, 3.8) is 0 Å². The predicted octanol–water partition coefficient (Wildman–Crippen LogP) is 4.04. The Morgan fingerprint density at radius 3 is 2.53 bits per heavy atom. The van der Waals surface area contributed by atoms with Crippen molar-refractivity contribution in [3.05, 3.63) is 0 Å². The second-order valence-corrected chi connectivity index (χ2v) is 6.21. The van der Waals surface area contributed by atoms with E-state index in [9.17, 15) is 4.79 Å². The van der Waals surface area contributed by atoms with Gasteiger partial charge in [-0.15, -0.1) is 0 Å². The molecular formula is C15H28O2. The van der Waals surface area contributed by atoms with E-state index in [1.165, 1.54) is 0 Å². The summed E-state index contributed by atoms with van der Waals surface area (Å²) in [5.41, 5.74) is 0. The summed E-state index contributed by atoms with van der Waals surface area (Å²) in [5, 5.41) is 0. The second kappa shape index (κ2) is 6.42. The summed E-state index contributed by atoms with van der Waals surface area (Å²) in [5.74, 6) is 1.76. The normalized spacial score (nSPS) is 31.4. The van der Waals surface area contributed by atoms with Crippen LogP contribution in [0.15, 0.2) is 0 Å². The largest absolute Gasteiger partial charge is 0.462 e. The molecule has 0 spiro atoms. The van der Waals surface area contributed by atoms with E-state index >= 15 is 0 Å². The average molecular weight is 240 g/mol. The molecule has 4 atom stereocenters. The van der Waals surface area contributed by atoms with Gasteiger partial charge in [-0.05, 0) is 37.0 Å². The second-order valence-electron chi connectivity index (χ2n) is 6.21. The highest BCUT2D eigenvalue weighted by atomic mass is 16.5. The van der Waals surface area contributed by atoms with Crippen molar-refractivity contribution in [2.75, 3.05) is 0 Å². The van der Waals surface area contributed by atoms with E-state index in [0.29, 0.717) is 17.8 Å². The number of esters is 1. The first-order valence-corrected chi connectivity index (χ1v) is 7.16. The highest BCUT2D eigenvalue weighted by Gasteiger charge is 2.37. The molecule has 0 radical (unpaired) electrons. The lowest BCUT2D eigenvalue weighted by atomic mass is 9.79. The molecule has 17 heavy (non-hydrogen) atoms. The van der Waals surface area contributed by atoms with Crippen molar-refractivity contribution in [1.82, 2.24) is 0 Å². The number of rotatable bonds is 5. The maximum absolute atomic E-state index is 12.0. The molecule has 0 aromatic heterocycles. The lowest BCUT2D eigenvalue weighted by Crippen LogP contribution is -2.41. The van der Waals surface area contributed by atoms with E-state index in [1.807, 2.05) is 0 Å². The molecule has 1 saturated heterocycles. The molecule has 1 rings (SSSR count). The van der Waals surface area contributed by atoms with Crippen molar-refractivity contribution < 1.29 is 9.53 Å². The number of carbonyl (C=O) groups excluding carboxylic acids is 1. The average Bonchev–Trinajstić information content (AvgIpc) is 2.22. The van der Waals surface area contributed by atoms with Crippen molar-refractivity contribution in [3.8, 4) is 0 Å². The van der Waals surface area contributed by atoms with Gasteiger partial charge in [-0.2, -0.15) is 0 Å². The first kappa shape index (κ1) is 14.5. The van der Waals surface area contributed by atoms with E-state index in [1.54, 1.807) is 0 Å². The molecule has 1 fully saturated rings. The molecule has 0 aromatic rings. The lowest BCUT2D eigenvalue weighted by Gasteiger charge is -2.37. The van der Waals surface area contributed by atoms with Gasteiger partial charge in [-0.1, -0.05) is 41.0 Å². The van der Waals surface area contributed by atoms with Crippen LogP contribution in [-0.4, -0.2) is 12.1 Å². The summed E-state index contributed by atoms with van der Waals surface area (Å²) in [4.78, 5) is 12.0. The maximum atomic E-state index is 12.0. The smallest absolute Gasteiger partial charge is 0.309 e. The van der Waals surface area contributed by atoms with Gasteiger partial charge in [0.05, 0.1) is 5.92 Å². The van der Waals surface area contributed by atoms with Gasteiger partial charge in [0, 0.05) is 0 Å². The first-order valence-electron chi connectivity index (χ1n) is 7.16. The monoisotopic (exact) mass is 240 g/mol. The number of ether oxygens (including phenoxy) is 1. The summed E-state index contributed by atoms with van der Waals surface area (Å²) in [7, 11) is 0. The fourth-order valence-electron chi connectivity index (χ4n) is 3.08. The number of carbonyl (C=O) groups is 1. The molecule has 1 heterocycles. The molecule has 2 heteroatoms. The minimum absolute atomic E-state index is 0.0461. The van der Waals surface area contributed by atoms with Crippen LogP contribution in [0.1, 0.15) is 60.3 Å². The van der Waals surface area contributed by atoms with Crippen LogP contribution in [0, 0.1) is 23.7 Å². The Morgan fingerprint density at radius 2 is 2.00 bits per heavy atom. The van der Waals surface area contributed by atoms with Crippen LogP contribution in [0.5, 0.6) is 0 Å². The molecule has 100 valence electrons. The molecule has 0 N–H and O–H groups in total. The third kappa shape index (κ3) is 4.01. The Balaban J connectivity index is 2.57. The molecule has 4 unspecified atom stereocenters. The Kier molecular flexibility index (Phi) is 5.48. The van der Waals surface area contributed by atoms with Crippen molar-refractivity contribution in [1.29, 1.82) is 0 Å². The van der Waals surface area contributed by atoms with Crippen LogP contribution in [-0.2, 0) is 9.53 Å². The zero-order valence-corrected chi connectivity index (χ0v) is 12.0. The fraction of sp³-hybridized carbons (Fsp3) is 0.933. The molecule has 1 aliphatic rings. The quantitative estimate of drug-likeness (QED) is 0.678. The molecule has 0 aliphatic carbocycles. The zero-order valence-electron chi connectivity index (χ0n) is 12.0. The summed E-state index contributed by atoms with van der Waals surface area (Å²) in [6, 6.07) is 0. The van der Waals surface area contributed by atoms with E-state index < -0.39 is 0 Å². The van der Waals surface area contributed by atoms with Gasteiger partial charge >= 0.3 is 5.97 Å². The Bertz CT molecular complexity index is 247. The molecular weight excluding hydrogens is 212 g/mol. The number of hydrogen-bond donors (Lipinski definition) is 0. The van der Waals surface area contributed by atoms with Gasteiger partial charge in [0.1, 0.15) is 6.10 Å². The zero-order chi connectivity index (χ0) is 13.0. The van der Waals surface area contributed by atoms with Crippen molar-refractivity contribution in [2.24, 2.45) is 23.7 Å².